The topological polar surface area (TPSA) is 35.0 Å². The number of nitrogens with zero attached hydrogens (tertiary/aromatic N) is 2. The summed E-state index contributed by atoms with van der Waals surface area (Å²) < 4.78 is 5.41. The van der Waals surface area contributed by atoms with Crippen molar-refractivity contribution in [1.82, 2.24) is 9.97 Å². The Morgan fingerprint density at radius 1 is 1.53 bits per heavy atom. The van der Waals surface area contributed by atoms with Crippen molar-refractivity contribution >= 4 is 11.6 Å². The maximum absolute atomic E-state index is 5.86. The van der Waals surface area contributed by atoms with Crippen LogP contribution in [0.5, 0.6) is 5.88 Å². The summed E-state index contributed by atoms with van der Waals surface area (Å²) in [5.74, 6) is 1.47. The summed E-state index contributed by atoms with van der Waals surface area (Å²) in [6.45, 7) is 8.21. The summed E-state index contributed by atoms with van der Waals surface area (Å²) in [6.07, 6.45) is 2.59. The molecule has 0 fully saturated rings. The maximum atomic E-state index is 5.86. The first kappa shape index (κ1) is 12.0. The molecule has 0 radical (unpaired) electrons. The highest BCUT2D eigenvalue weighted by molar-refractivity contribution is 6.29. The van der Waals surface area contributed by atoms with Crippen LogP contribution < -0.4 is 4.74 Å². The van der Waals surface area contributed by atoms with Gasteiger partial charge >= 0.3 is 0 Å². The van der Waals surface area contributed by atoms with E-state index in [0.29, 0.717) is 23.5 Å². The van der Waals surface area contributed by atoms with Gasteiger partial charge < -0.3 is 4.74 Å². The van der Waals surface area contributed by atoms with Crippen molar-refractivity contribution in [3.8, 4) is 5.88 Å². The van der Waals surface area contributed by atoms with Gasteiger partial charge in [0, 0.05) is 12.0 Å². The molecule has 0 spiro atoms. The van der Waals surface area contributed by atoms with Crippen LogP contribution in [0.15, 0.2) is 18.7 Å². The zero-order valence-electron chi connectivity index (χ0n) is 9.03. The number of aromatic nitrogens is 2. The maximum Gasteiger partial charge on any atom is 0.218 e. The van der Waals surface area contributed by atoms with E-state index in [1.54, 1.807) is 12.1 Å². The number of hydrogen-bond acceptors (Lipinski definition) is 3. The smallest absolute Gasteiger partial charge is 0.218 e. The molecule has 3 nitrogen and oxygen atoms in total. The molecule has 0 unspecified atom stereocenters. The molecule has 1 heterocycles. The van der Waals surface area contributed by atoms with Gasteiger partial charge in [-0.3, -0.25) is 0 Å². The summed E-state index contributed by atoms with van der Waals surface area (Å²) in [5.41, 5.74) is 0. The minimum absolute atomic E-state index is 0.241. The van der Waals surface area contributed by atoms with Crippen molar-refractivity contribution in [1.29, 1.82) is 0 Å². The lowest BCUT2D eigenvalue weighted by atomic mass is 10.2. The monoisotopic (exact) mass is 226 g/mol. The first-order valence-electron chi connectivity index (χ1n) is 4.91. The Balaban J connectivity index is 2.74. The van der Waals surface area contributed by atoms with Crippen molar-refractivity contribution in [2.24, 2.45) is 0 Å². The van der Waals surface area contributed by atoms with E-state index in [4.69, 9.17) is 16.3 Å². The zero-order valence-corrected chi connectivity index (χ0v) is 9.79. The predicted molar refractivity (Wildman–Crippen MR) is 61.4 cm³/mol. The largest absolute Gasteiger partial charge is 0.477 e. The second kappa shape index (κ2) is 5.71. The molecule has 1 aromatic heterocycles. The van der Waals surface area contributed by atoms with Gasteiger partial charge in [-0.2, -0.15) is 4.98 Å². The predicted octanol–water partition coefficient (Wildman–Crippen LogP) is 3.21. The minimum atomic E-state index is 0.241. The number of ether oxygens (including phenoxy) is 1. The molecule has 4 heteroatoms. The van der Waals surface area contributed by atoms with Crippen LogP contribution in [0.4, 0.5) is 0 Å². The highest BCUT2D eigenvalue weighted by Gasteiger charge is 2.07. The normalized spacial score (nSPS) is 10.4. The average molecular weight is 227 g/mol. The molecular formula is C11H15ClN2O. The molecule has 0 N–H and O–H groups in total. The van der Waals surface area contributed by atoms with E-state index in [-0.39, 0.29) is 5.92 Å². The number of halogens is 1. The van der Waals surface area contributed by atoms with E-state index in [1.807, 2.05) is 13.8 Å². The van der Waals surface area contributed by atoms with E-state index >= 15 is 0 Å². The van der Waals surface area contributed by atoms with E-state index in [1.165, 1.54) is 0 Å². The van der Waals surface area contributed by atoms with Crippen LogP contribution in [0.2, 0.25) is 5.15 Å². The Labute approximate surface area is 95.2 Å². The van der Waals surface area contributed by atoms with Gasteiger partial charge in [-0.05, 0) is 6.42 Å². The van der Waals surface area contributed by atoms with Crippen LogP contribution in [-0.2, 0) is 0 Å². The van der Waals surface area contributed by atoms with Crippen molar-refractivity contribution in [2.75, 3.05) is 6.61 Å². The van der Waals surface area contributed by atoms with E-state index in [2.05, 4.69) is 16.5 Å². The van der Waals surface area contributed by atoms with Crippen molar-refractivity contribution in [2.45, 2.75) is 26.2 Å². The summed E-state index contributed by atoms with van der Waals surface area (Å²) in [6, 6.07) is 1.62. The van der Waals surface area contributed by atoms with Crippen LogP contribution in [0.3, 0.4) is 0 Å². The Bertz CT molecular complexity index is 339. The van der Waals surface area contributed by atoms with Crippen LogP contribution in [0, 0.1) is 0 Å². The van der Waals surface area contributed by atoms with Gasteiger partial charge in [0.15, 0.2) is 0 Å². The molecule has 0 saturated heterocycles. The molecule has 1 aromatic rings. The molecule has 0 bridgehead atoms. The highest BCUT2D eigenvalue weighted by Crippen LogP contribution is 2.18. The lowest BCUT2D eigenvalue weighted by Crippen LogP contribution is -2.03. The van der Waals surface area contributed by atoms with Gasteiger partial charge in [0.25, 0.3) is 0 Å². The molecule has 0 aliphatic heterocycles. The summed E-state index contributed by atoms with van der Waals surface area (Å²) >= 11 is 5.86. The highest BCUT2D eigenvalue weighted by atomic mass is 35.5. The van der Waals surface area contributed by atoms with Gasteiger partial charge in [-0.1, -0.05) is 31.5 Å². The first-order chi connectivity index (χ1) is 7.13. The van der Waals surface area contributed by atoms with Crippen LogP contribution in [0.1, 0.15) is 32.0 Å². The fraction of sp³-hybridized carbons (Fsp3) is 0.455. The Kier molecular flexibility index (Phi) is 4.56. The van der Waals surface area contributed by atoms with E-state index < -0.39 is 0 Å². The molecule has 0 amide bonds. The Morgan fingerprint density at radius 2 is 2.27 bits per heavy atom. The molecule has 0 aliphatic carbocycles. The quantitative estimate of drug-likeness (QED) is 0.439. The first-order valence-corrected chi connectivity index (χ1v) is 5.29. The van der Waals surface area contributed by atoms with Crippen LogP contribution in [-0.4, -0.2) is 16.6 Å². The fourth-order valence-electron chi connectivity index (χ4n) is 0.993. The third-order valence-electron chi connectivity index (χ3n) is 1.78. The molecule has 0 atom stereocenters. The molecule has 15 heavy (non-hydrogen) atoms. The Hall–Kier alpha value is -1.09. The molecular weight excluding hydrogens is 212 g/mol. The van der Waals surface area contributed by atoms with E-state index in [0.717, 1.165) is 6.42 Å². The lowest BCUT2D eigenvalue weighted by molar-refractivity contribution is 0.310. The molecule has 82 valence electrons. The second-order valence-electron chi connectivity index (χ2n) is 3.47. The van der Waals surface area contributed by atoms with Gasteiger partial charge in [-0.15, -0.1) is 6.58 Å². The van der Waals surface area contributed by atoms with Gasteiger partial charge in [0.1, 0.15) is 11.0 Å². The molecule has 0 aromatic carbocycles. The summed E-state index contributed by atoms with van der Waals surface area (Å²) in [7, 11) is 0. The standard InChI is InChI=1S/C11H15ClN2O/c1-4-5-6-15-10-7-9(12)13-11(14-10)8(2)3/h4,7-8H,1,5-6H2,2-3H3. The zero-order chi connectivity index (χ0) is 11.3. The molecule has 0 aliphatic rings. The SMILES string of the molecule is C=CCCOc1cc(Cl)nc(C(C)C)n1. The van der Waals surface area contributed by atoms with Crippen molar-refractivity contribution < 1.29 is 4.74 Å². The van der Waals surface area contributed by atoms with Gasteiger partial charge in [-0.25, -0.2) is 4.98 Å². The summed E-state index contributed by atoms with van der Waals surface area (Å²) in [5, 5.41) is 0.419. The summed E-state index contributed by atoms with van der Waals surface area (Å²) in [4.78, 5) is 8.37. The van der Waals surface area contributed by atoms with Crippen LogP contribution in [0.25, 0.3) is 0 Å². The van der Waals surface area contributed by atoms with Gasteiger partial charge in [0.2, 0.25) is 5.88 Å². The van der Waals surface area contributed by atoms with Gasteiger partial charge in [0.05, 0.1) is 6.61 Å². The number of hydrogen-bond donors (Lipinski definition) is 0. The van der Waals surface area contributed by atoms with Crippen LogP contribution >= 0.6 is 11.6 Å². The minimum Gasteiger partial charge on any atom is -0.477 e. The second-order valence-corrected chi connectivity index (χ2v) is 3.85. The molecule has 1 rings (SSSR count). The Morgan fingerprint density at radius 3 is 2.87 bits per heavy atom. The van der Waals surface area contributed by atoms with Crippen molar-refractivity contribution in [3.63, 3.8) is 0 Å². The fourth-order valence-corrected chi connectivity index (χ4v) is 1.17. The lowest BCUT2D eigenvalue weighted by Gasteiger charge is -2.08. The molecule has 0 saturated carbocycles. The number of rotatable bonds is 5. The van der Waals surface area contributed by atoms with Crippen molar-refractivity contribution in [3.05, 3.63) is 29.7 Å². The third-order valence-corrected chi connectivity index (χ3v) is 1.97. The average Bonchev–Trinajstić information content (AvgIpc) is 2.17. The van der Waals surface area contributed by atoms with E-state index in [9.17, 15) is 0 Å². The third kappa shape index (κ3) is 3.88.